The second kappa shape index (κ2) is 5.85. The first kappa shape index (κ1) is 16.1. The fourth-order valence-electron chi connectivity index (χ4n) is 4.38. The molecule has 1 heterocycles. The van der Waals surface area contributed by atoms with Crippen molar-refractivity contribution in [1.82, 2.24) is 4.72 Å². The molecule has 0 unspecified atom stereocenters. The first-order valence-corrected chi connectivity index (χ1v) is 10.4. The minimum atomic E-state index is -3.54. The molecule has 6 heteroatoms. The number of hydrogen-bond donors (Lipinski definition) is 1. The molecule has 2 saturated carbocycles. The largest absolute Gasteiger partial charge is 0.312 e. The Balaban J connectivity index is 1.59. The molecule has 0 bridgehead atoms. The minimum Gasteiger partial charge on any atom is -0.312 e. The van der Waals surface area contributed by atoms with Crippen LogP contribution in [0.25, 0.3) is 0 Å². The van der Waals surface area contributed by atoms with E-state index in [9.17, 15) is 13.2 Å². The lowest BCUT2D eigenvalue weighted by atomic mass is 10.0. The average Bonchev–Trinajstić information content (AvgIpc) is 3.05. The lowest BCUT2D eigenvalue weighted by molar-refractivity contribution is -0.117. The minimum absolute atomic E-state index is 0.0726. The number of aryl methyl sites for hydroxylation is 1. The summed E-state index contributed by atoms with van der Waals surface area (Å²) >= 11 is 0. The molecule has 4 rings (SSSR count). The molecule has 1 amide bonds. The number of nitrogens with zero attached hydrogens (tertiary/aromatic N) is 1. The lowest BCUT2D eigenvalue weighted by Gasteiger charge is -2.18. The van der Waals surface area contributed by atoms with Gasteiger partial charge in [-0.3, -0.25) is 4.79 Å². The third-order valence-corrected chi connectivity index (χ3v) is 7.40. The van der Waals surface area contributed by atoms with E-state index in [1.807, 2.05) is 13.0 Å². The van der Waals surface area contributed by atoms with Crippen molar-refractivity contribution in [2.45, 2.75) is 56.4 Å². The highest BCUT2D eigenvalue weighted by atomic mass is 32.2. The number of anilines is 1. The first-order chi connectivity index (χ1) is 11.5. The van der Waals surface area contributed by atoms with E-state index in [0.717, 1.165) is 24.8 Å². The Morgan fingerprint density at radius 3 is 2.46 bits per heavy atom. The van der Waals surface area contributed by atoms with E-state index in [1.165, 1.54) is 12.8 Å². The van der Waals surface area contributed by atoms with Crippen LogP contribution in [0.3, 0.4) is 0 Å². The third kappa shape index (κ3) is 2.75. The molecule has 24 heavy (non-hydrogen) atoms. The Bertz CT molecular complexity index is 762. The highest BCUT2D eigenvalue weighted by Crippen LogP contribution is 2.50. The van der Waals surface area contributed by atoms with Crippen molar-refractivity contribution in [3.8, 4) is 0 Å². The van der Waals surface area contributed by atoms with Crippen LogP contribution in [0.5, 0.6) is 0 Å². The van der Waals surface area contributed by atoms with Gasteiger partial charge in [-0.25, -0.2) is 13.1 Å². The molecule has 1 aromatic rings. The van der Waals surface area contributed by atoms with Crippen molar-refractivity contribution in [2.24, 2.45) is 11.8 Å². The van der Waals surface area contributed by atoms with Gasteiger partial charge in [0.15, 0.2) is 0 Å². The maximum atomic E-state index is 12.9. The second-order valence-electron chi connectivity index (χ2n) is 7.36. The Morgan fingerprint density at radius 2 is 1.83 bits per heavy atom. The number of amides is 1. The molecule has 1 aromatic carbocycles. The number of carbonyl (C=O) groups excluding carboxylic acids is 1. The summed E-state index contributed by atoms with van der Waals surface area (Å²) < 4.78 is 28.7. The third-order valence-electron chi connectivity index (χ3n) is 5.79. The summed E-state index contributed by atoms with van der Waals surface area (Å²) in [5.41, 5.74) is 1.42. The maximum Gasteiger partial charge on any atom is 0.241 e. The summed E-state index contributed by atoms with van der Waals surface area (Å²) in [6.07, 6.45) is 6.08. The number of hydrogen-bond acceptors (Lipinski definition) is 3. The van der Waals surface area contributed by atoms with Crippen LogP contribution in [-0.4, -0.2) is 26.9 Å². The van der Waals surface area contributed by atoms with Crippen LogP contribution in [0.4, 0.5) is 5.69 Å². The predicted molar refractivity (Wildman–Crippen MR) is 92.3 cm³/mol. The fourth-order valence-corrected chi connectivity index (χ4v) is 5.98. The molecular weight excluding hydrogens is 324 g/mol. The SMILES string of the molecule is Cc1ccc(N2CCCC2=O)cc1S(=O)(=O)NC1[C@H]2CCCC[C@H]12. The van der Waals surface area contributed by atoms with Gasteiger partial charge in [0.1, 0.15) is 0 Å². The van der Waals surface area contributed by atoms with Crippen molar-refractivity contribution in [3.05, 3.63) is 23.8 Å². The second-order valence-corrected chi connectivity index (χ2v) is 9.04. The summed E-state index contributed by atoms with van der Waals surface area (Å²) in [5.74, 6) is 1.12. The van der Waals surface area contributed by atoms with Crippen molar-refractivity contribution in [2.75, 3.05) is 11.4 Å². The van der Waals surface area contributed by atoms with E-state index >= 15 is 0 Å². The van der Waals surface area contributed by atoms with Crippen molar-refractivity contribution in [3.63, 3.8) is 0 Å². The number of fused-ring (bicyclic) bond motifs is 1. The molecule has 0 aromatic heterocycles. The summed E-state index contributed by atoms with van der Waals surface area (Å²) in [6.45, 7) is 2.48. The van der Waals surface area contributed by atoms with Gasteiger partial charge in [-0.05, 0) is 55.7 Å². The summed E-state index contributed by atoms with van der Waals surface area (Å²) in [4.78, 5) is 13.9. The smallest absolute Gasteiger partial charge is 0.241 e. The molecule has 1 saturated heterocycles. The fraction of sp³-hybridized carbons (Fsp3) is 0.611. The van der Waals surface area contributed by atoms with Crippen molar-refractivity contribution >= 4 is 21.6 Å². The van der Waals surface area contributed by atoms with Gasteiger partial charge in [-0.2, -0.15) is 0 Å². The molecule has 130 valence electrons. The van der Waals surface area contributed by atoms with Crippen LogP contribution < -0.4 is 9.62 Å². The number of benzene rings is 1. The highest BCUT2D eigenvalue weighted by molar-refractivity contribution is 7.89. The molecular formula is C18H24N2O3S. The van der Waals surface area contributed by atoms with Crippen LogP contribution in [-0.2, 0) is 14.8 Å². The van der Waals surface area contributed by atoms with Gasteiger partial charge in [-0.15, -0.1) is 0 Å². The molecule has 5 nitrogen and oxygen atoms in total. The van der Waals surface area contributed by atoms with Crippen LogP contribution in [0.15, 0.2) is 23.1 Å². The van der Waals surface area contributed by atoms with E-state index in [2.05, 4.69) is 4.72 Å². The molecule has 2 aliphatic carbocycles. The Labute approximate surface area is 143 Å². The van der Waals surface area contributed by atoms with Gasteiger partial charge in [0.25, 0.3) is 0 Å². The van der Waals surface area contributed by atoms with Gasteiger partial charge in [0, 0.05) is 24.7 Å². The van der Waals surface area contributed by atoms with Crippen molar-refractivity contribution in [1.29, 1.82) is 0 Å². The van der Waals surface area contributed by atoms with Gasteiger partial charge in [0.05, 0.1) is 4.90 Å². The zero-order valence-electron chi connectivity index (χ0n) is 14.0. The Morgan fingerprint density at radius 1 is 1.12 bits per heavy atom. The first-order valence-electron chi connectivity index (χ1n) is 8.91. The van der Waals surface area contributed by atoms with E-state index in [1.54, 1.807) is 17.0 Å². The highest BCUT2D eigenvalue weighted by Gasteiger charge is 2.52. The molecule has 0 spiro atoms. The topological polar surface area (TPSA) is 66.5 Å². The van der Waals surface area contributed by atoms with Crippen LogP contribution in [0.2, 0.25) is 0 Å². The summed E-state index contributed by atoms with van der Waals surface area (Å²) in [6, 6.07) is 5.41. The van der Waals surface area contributed by atoms with E-state index in [4.69, 9.17) is 0 Å². The number of rotatable bonds is 4. The normalized spacial score (nSPS) is 29.6. The van der Waals surface area contributed by atoms with Gasteiger partial charge in [-0.1, -0.05) is 18.9 Å². The summed E-state index contributed by atoms with van der Waals surface area (Å²) in [5, 5.41) is 0. The Hall–Kier alpha value is -1.40. The number of carbonyl (C=O) groups is 1. The standard InChI is InChI=1S/C18H24N2O3S/c1-12-8-9-13(20-10-4-7-17(20)21)11-16(12)24(22,23)19-18-14-5-2-3-6-15(14)18/h8-9,11,14-15,18-19H,2-7,10H2,1H3/t14-,15-/m0/s1. The zero-order valence-corrected chi connectivity index (χ0v) is 14.8. The Kier molecular flexibility index (Phi) is 3.92. The molecule has 1 N–H and O–H groups in total. The molecule has 1 aliphatic heterocycles. The molecule has 3 fully saturated rings. The molecule has 2 atom stereocenters. The van der Waals surface area contributed by atoms with E-state index in [-0.39, 0.29) is 11.9 Å². The molecule has 3 aliphatic rings. The summed E-state index contributed by atoms with van der Waals surface area (Å²) in [7, 11) is -3.54. The van der Waals surface area contributed by atoms with Crippen LogP contribution in [0.1, 0.15) is 44.1 Å². The average molecular weight is 348 g/mol. The van der Waals surface area contributed by atoms with Crippen LogP contribution in [0, 0.1) is 18.8 Å². The lowest BCUT2D eigenvalue weighted by Crippen LogP contribution is -2.29. The molecule has 0 radical (unpaired) electrons. The van der Waals surface area contributed by atoms with Crippen LogP contribution >= 0.6 is 0 Å². The maximum absolute atomic E-state index is 12.9. The van der Waals surface area contributed by atoms with E-state index < -0.39 is 10.0 Å². The monoisotopic (exact) mass is 348 g/mol. The zero-order chi connectivity index (χ0) is 16.9. The van der Waals surface area contributed by atoms with Gasteiger partial charge in [0.2, 0.25) is 15.9 Å². The number of nitrogens with one attached hydrogen (secondary N) is 1. The van der Waals surface area contributed by atoms with Gasteiger partial charge >= 0.3 is 0 Å². The van der Waals surface area contributed by atoms with Crippen molar-refractivity contribution < 1.29 is 13.2 Å². The van der Waals surface area contributed by atoms with Gasteiger partial charge < -0.3 is 4.90 Å². The predicted octanol–water partition coefficient (Wildman–Crippen LogP) is 2.59. The number of sulfonamides is 1. The van der Waals surface area contributed by atoms with E-state index in [0.29, 0.717) is 35.4 Å². The quantitative estimate of drug-likeness (QED) is 0.909.